The first-order chi connectivity index (χ1) is 9.58. The number of nitrogens with zero attached hydrogens (tertiary/aromatic N) is 1. The lowest BCUT2D eigenvalue weighted by Crippen LogP contribution is -2.04. The number of hydrogen-bond acceptors (Lipinski definition) is 3. The van der Waals surface area contributed by atoms with E-state index in [9.17, 15) is 13.7 Å². The third-order valence-corrected chi connectivity index (χ3v) is 3.48. The number of halogens is 3. The Labute approximate surface area is 122 Å². The van der Waals surface area contributed by atoms with Gasteiger partial charge < -0.3 is 4.74 Å². The average Bonchev–Trinajstić information content (AvgIpc) is 2.44. The molecule has 2 rings (SSSR count). The fraction of sp³-hybridized carbons (Fsp3) is 0.143. The molecule has 2 aromatic carbocycles. The van der Waals surface area contributed by atoms with Gasteiger partial charge in [-0.15, -0.1) is 4.91 Å². The van der Waals surface area contributed by atoms with E-state index in [1.165, 1.54) is 31.4 Å². The van der Waals surface area contributed by atoms with Crippen LogP contribution in [0.1, 0.15) is 17.2 Å². The summed E-state index contributed by atoms with van der Waals surface area (Å²) < 4.78 is 32.7. The van der Waals surface area contributed by atoms with E-state index in [-0.39, 0.29) is 21.3 Å². The molecule has 0 spiro atoms. The molecule has 0 aliphatic carbocycles. The number of nitroso groups, excluding NO2 is 1. The van der Waals surface area contributed by atoms with E-state index in [4.69, 9.17) is 4.74 Å². The monoisotopic (exact) mass is 341 g/mol. The zero-order valence-corrected chi connectivity index (χ0v) is 12.0. The van der Waals surface area contributed by atoms with Crippen LogP contribution in [0.15, 0.2) is 46.0 Å². The summed E-state index contributed by atoms with van der Waals surface area (Å²) in [5.41, 5.74) is 0.234. The van der Waals surface area contributed by atoms with Crippen molar-refractivity contribution in [3.05, 3.63) is 68.5 Å². The molecule has 20 heavy (non-hydrogen) atoms. The van der Waals surface area contributed by atoms with Crippen molar-refractivity contribution in [1.29, 1.82) is 0 Å². The largest absolute Gasteiger partial charge is 0.496 e. The maximum atomic E-state index is 14.1. The highest BCUT2D eigenvalue weighted by molar-refractivity contribution is 9.10. The second kappa shape index (κ2) is 6.09. The Morgan fingerprint density at radius 3 is 2.60 bits per heavy atom. The predicted molar refractivity (Wildman–Crippen MR) is 74.7 cm³/mol. The van der Waals surface area contributed by atoms with Gasteiger partial charge in [-0.05, 0) is 40.2 Å². The molecule has 0 bridgehead atoms. The van der Waals surface area contributed by atoms with Gasteiger partial charge in [-0.2, -0.15) is 0 Å². The molecule has 6 heteroatoms. The first kappa shape index (κ1) is 14.6. The van der Waals surface area contributed by atoms with E-state index in [0.717, 1.165) is 6.07 Å². The van der Waals surface area contributed by atoms with E-state index in [1.807, 2.05) is 0 Å². The minimum Gasteiger partial charge on any atom is -0.496 e. The van der Waals surface area contributed by atoms with Gasteiger partial charge in [0.1, 0.15) is 23.4 Å². The van der Waals surface area contributed by atoms with E-state index in [1.54, 1.807) is 6.07 Å². The van der Waals surface area contributed by atoms with Gasteiger partial charge in [-0.3, -0.25) is 0 Å². The highest BCUT2D eigenvalue weighted by atomic mass is 79.9. The van der Waals surface area contributed by atoms with Crippen molar-refractivity contribution in [2.24, 2.45) is 5.18 Å². The normalized spacial score (nSPS) is 12.0. The van der Waals surface area contributed by atoms with Gasteiger partial charge >= 0.3 is 0 Å². The first-order valence-electron chi connectivity index (χ1n) is 5.68. The van der Waals surface area contributed by atoms with Crippen molar-refractivity contribution in [1.82, 2.24) is 0 Å². The van der Waals surface area contributed by atoms with Crippen LogP contribution in [-0.4, -0.2) is 7.11 Å². The SMILES string of the molecule is COc1ccc(F)cc1C(N=O)c1cccc(Br)c1F. The van der Waals surface area contributed by atoms with Gasteiger partial charge in [0.2, 0.25) is 0 Å². The molecular weight excluding hydrogens is 332 g/mol. The van der Waals surface area contributed by atoms with Gasteiger partial charge in [0.05, 0.1) is 11.6 Å². The van der Waals surface area contributed by atoms with E-state index in [2.05, 4.69) is 21.1 Å². The second-order valence-electron chi connectivity index (χ2n) is 4.04. The average molecular weight is 342 g/mol. The van der Waals surface area contributed by atoms with Gasteiger partial charge in [0.15, 0.2) is 0 Å². The van der Waals surface area contributed by atoms with Crippen molar-refractivity contribution in [2.75, 3.05) is 7.11 Å². The molecule has 0 N–H and O–H groups in total. The summed E-state index contributed by atoms with van der Waals surface area (Å²) >= 11 is 3.04. The smallest absolute Gasteiger partial charge is 0.148 e. The van der Waals surface area contributed by atoms with E-state index in [0.29, 0.717) is 0 Å². The maximum absolute atomic E-state index is 14.1. The lowest BCUT2D eigenvalue weighted by Gasteiger charge is -2.15. The first-order valence-corrected chi connectivity index (χ1v) is 6.47. The molecule has 0 aromatic heterocycles. The van der Waals surface area contributed by atoms with E-state index < -0.39 is 17.7 Å². The minimum absolute atomic E-state index is 0.0540. The van der Waals surface area contributed by atoms with Crippen LogP contribution in [0.3, 0.4) is 0 Å². The molecule has 0 aliphatic heterocycles. The molecule has 0 heterocycles. The molecule has 1 atom stereocenters. The van der Waals surface area contributed by atoms with Crippen molar-refractivity contribution in [3.8, 4) is 5.75 Å². The quantitative estimate of drug-likeness (QED) is 0.762. The number of rotatable bonds is 4. The molecule has 0 amide bonds. The van der Waals surface area contributed by atoms with Crippen molar-refractivity contribution >= 4 is 15.9 Å². The lowest BCUT2D eigenvalue weighted by molar-refractivity contribution is 0.406. The molecule has 0 saturated carbocycles. The Hall–Kier alpha value is -1.82. The summed E-state index contributed by atoms with van der Waals surface area (Å²) in [5, 5.41) is 2.92. The Bertz CT molecular complexity index is 649. The number of methoxy groups -OCH3 is 1. The van der Waals surface area contributed by atoms with E-state index >= 15 is 0 Å². The van der Waals surface area contributed by atoms with Crippen LogP contribution in [0.5, 0.6) is 5.75 Å². The molecule has 0 aliphatic rings. The Morgan fingerprint density at radius 2 is 1.95 bits per heavy atom. The molecule has 3 nitrogen and oxygen atoms in total. The maximum Gasteiger partial charge on any atom is 0.148 e. The standard InChI is InChI=1S/C14H10BrF2NO2/c1-20-12-6-5-8(16)7-10(12)14(18-19)9-3-2-4-11(15)13(9)17/h2-7,14H,1H3. The van der Waals surface area contributed by atoms with Crippen LogP contribution in [0.25, 0.3) is 0 Å². The minimum atomic E-state index is -1.18. The van der Waals surface area contributed by atoms with Gasteiger partial charge in [0.25, 0.3) is 0 Å². The molecule has 0 radical (unpaired) electrons. The zero-order chi connectivity index (χ0) is 14.7. The van der Waals surface area contributed by atoms with Crippen LogP contribution >= 0.6 is 15.9 Å². The third kappa shape index (κ3) is 2.70. The lowest BCUT2D eigenvalue weighted by atomic mass is 9.98. The van der Waals surface area contributed by atoms with Crippen LogP contribution in [0, 0.1) is 16.5 Å². The second-order valence-corrected chi connectivity index (χ2v) is 4.89. The topological polar surface area (TPSA) is 38.7 Å². The summed E-state index contributed by atoms with van der Waals surface area (Å²) in [6.07, 6.45) is 0. The van der Waals surface area contributed by atoms with Crippen LogP contribution in [0.2, 0.25) is 0 Å². The van der Waals surface area contributed by atoms with Crippen molar-refractivity contribution in [3.63, 3.8) is 0 Å². The molecule has 104 valence electrons. The molecule has 1 unspecified atom stereocenters. The van der Waals surface area contributed by atoms with Crippen LogP contribution < -0.4 is 4.74 Å². The summed E-state index contributed by atoms with van der Waals surface area (Å²) in [6.45, 7) is 0. The van der Waals surface area contributed by atoms with Crippen LogP contribution in [0.4, 0.5) is 8.78 Å². The van der Waals surface area contributed by atoms with Gasteiger partial charge in [0, 0.05) is 11.1 Å². The van der Waals surface area contributed by atoms with Crippen molar-refractivity contribution in [2.45, 2.75) is 6.04 Å². The van der Waals surface area contributed by atoms with Crippen LogP contribution in [-0.2, 0) is 0 Å². The Balaban J connectivity index is 2.61. The van der Waals surface area contributed by atoms with Gasteiger partial charge in [-0.1, -0.05) is 17.3 Å². The third-order valence-electron chi connectivity index (χ3n) is 2.87. The molecular formula is C14H10BrF2NO2. The number of ether oxygens (including phenoxy) is 1. The fourth-order valence-corrected chi connectivity index (χ4v) is 2.31. The van der Waals surface area contributed by atoms with Gasteiger partial charge in [-0.25, -0.2) is 8.78 Å². The molecule has 0 fully saturated rings. The summed E-state index contributed by atoms with van der Waals surface area (Å²) in [4.78, 5) is 11.1. The number of benzene rings is 2. The predicted octanol–water partition coefficient (Wildman–Crippen LogP) is 4.59. The Morgan fingerprint density at radius 1 is 1.20 bits per heavy atom. The highest BCUT2D eigenvalue weighted by Gasteiger charge is 2.24. The molecule has 0 saturated heterocycles. The highest BCUT2D eigenvalue weighted by Crippen LogP contribution is 2.36. The number of hydrogen-bond donors (Lipinski definition) is 0. The summed E-state index contributed by atoms with van der Waals surface area (Å²) in [5.74, 6) is -0.886. The molecule has 2 aromatic rings. The zero-order valence-electron chi connectivity index (χ0n) is 10.4. The summed E-state index contributed by atoms with van der Waals surface area (Å²) in [6, 6.07) is 7.01. The fourth-order valence-electron chi connectivity index (χ4n) is 1.93. The van der Waals surface area contributed by atoms with Crippen molar-refractivity contribution < 1.29 is 13.5 Å². The summed E-state index contributed by atoms with van der Waals surface area (Å²) in [7, 11) is 1.38. The Kier molecular flexibility index (Phi) is 4.44.